The van der Waals surface area contributed by atoms with Gasteiger partial charge in [0.25, 0.3) is 5.56 Å². The summed E-state index contributed by atoms with van der Waals surface area (Å²) in [5.74, 6) is 0.939. The third-order valence-corrected chi connectivity index (χ3v) is 8.73. The van der Waals surface area contributed by atoms with Crippen LogP contribution in [0.1, 0.15) is 17.7 Å². The van der Waals surface area contributed by atoms with Crippen LogP contribution < -0.4 is 5.56 Å². The standard InChI is InChI=1S/C32H30N6O2S/c39-32-27(19-22-5-2-1-3-6-22)34-25-21-28-26(20-24(25)36-32)35-31(38(28)14-4-13-37-15-17-40-18-16-37)30-8-7-29(41-30)23-9-11-33-12-10-23/h1-3,5-12,20-21H,4,13-19H2,(H,36,39). The Morgan fingerprint density at radius 3 is 2.51 bits per heavy atom. The average molecular weight is 563 g/mol. The number of fused-ring (bicyclic) bond motifs is 2. The van der Waals surface area contributed by atoms with E-state index in [0.29, 0.717) is 17.6 Å². The predicted molar refractivity (Wildman–Crippen MR) is 163 cm³/mol. The molecule has 0 saturated carbocycles. The maximum atomic E-state index is 12.9. The van der Waals surface area contributed by atoms with Gasteiger partial charge in [-0.1, -0.05) is 30.3 Å². The van der Waals surface area contributed by atoms with E-state index in [0.717, 1.165) is 84.2 Å². The molecule has 0 spiro atoms. The number of rotatable bonds is 8. The van der Waals surface area contributed by atoms with Crippen LogP contribution in [-0.2, 0) is 17.7 Å². The SMILES string of the molecule is O=c1[nH]c2cc3nc(-c4ccc(-c5ccncc5)s4)n(CCCN4CCOCC4)c3cc2nc1Cc1ccccc1. The number of benzene rings is 2. The smallest absolute Gasteiger partial charge is 0.270 e. The number of H-pyrrole nitrogens is 1. The number of imidazole rings is 1. The normalized spacial score (nSPS) is 14.2. The van der Waals surface area contributed by atoms with Gasteiger partial charge in [-0.3, -0.25) is 14.7 Å². The summed E-state index contributed by atoms with van der Waals surface area (Å²) in [5, 5.41) is 0. The fourth-order valence-corrected chi connectivity index (χ4v) is 6.48. The highest BCUT2D eigenvalue weighted by Gasteiger charge is 2.18. The number of aryl methyl sites for hydroxylation is 1. The van der Waals surface area contributed by atoms with E-state index in [2.05, 4.69) is 37.6 Å². The molecular weight excluding hydrogens is 532 g/mol. The Labute approximate surface area is 241 Å². The quantitative estimate of drug-likeness (QED) is 0.268. The van der Waals surface area contributed by atoms with Crippen molar-refractivity contribution in [2.45, 2.75) is 19.4 Å². The van der Waals surface area contributed by atoms with Gasteiger partial charge >= 0.3 is 0 Å². The van der Waals surface area contributed by atoms with Crippen LogP contribution in [0.4, 0.5) is 0 Å². The maximum absolute atomic E-state index is 12.9. The zero-order chi connectivity index (χ0) is 27.6. The van der Waals surface area contributed by atoms with E-state index in [9.17, 15) is 4.79 Å². The van der Waals surface area contributed by atoms with Crippen LogP contribution in [0.5, 0.6) is 0 Å². The van der Waals surface area contributed by atoms with E-state index >= 15 is 0 Å². The van der Waals surface area contributed by atoms with Crippen molar-refractivity contribution in [1.29, 1.82) is 0 Å². The number of ether oxygens (including phenoxy) is 1. The zero-order valence-corrected chi connectivity index (χ0v) is 23.4. The van der Waals surface area contributed by atoms with Crippen LogP contribution in [0.3, 0.4) is 0 Å². The van der Waals surface area contributed by atoms with Gasteiger partial charge in [0.15, 0.2) is 5.82 Å². The molecule has 0 radical (unpaired) electrons. The van der Waals surface area contributed by atoms with Gasteiger partial charge in [0.1, 0.15) is 5.69 Å². The largest absolute Gasteiger partial charge is 0.379 e. The van der Waals surface area contributed by atoms with Crippen LogP contribution in [0.2, 0.25) is 0 Å². The lowest BCUT2D eigenvalue weighted by Gasteiger charge is -2.26. The number of nitrogens with one attached hydrogen (secondary N) is 1. The molecule has 0 atom stereocenters. The molecule has 2 aromatic carbocycles. The van der Waals surface area contributed by atoms with Crippen molar-refractivity contribution in [1.82, 2.24) is 29.4 Å². The Morgan fingerprint density at radius 2 is 1.68 bits per heavy atom. The number of aromatic amines is 1. The Balaban J connectivity index is 1.28. The summed E-state index contributed by atoms with van der Waals surface area (Å²) in [4.78, 5) is 34.8. The number of aromatic nitrogens is 5. The molecule has 1 saturated heterocycles. The van der Waals surface area contributed by atoms with Crippen molar-refractivity contribution in [3.8, 4) is 21.1 Å². The van der Waals surface area contributed by atoms with Crippen LogP contribution in [-0.4, -0.2) is 62.3 Å². The van der Waals surface area contributed by atoms with Gasteiger partial charge in [-0.2, -0.15) is 0 Å². The average Bonchev–Trinajstić information content (AvgIpc) is 3.63. The molecule has 6 aromatic rings. The third-order valence-electron chi connectivity index (χ3n) is 7.60. The number of thiophene rings is 1. The molecule has 41 heavy (non-hydrogen) atoms. The molecule has 9 heteroatoms. The summed E-state index contributed by atoms with van der Waals surface area (Å²) in [5.41, 5.74) is 5.91. The second-order valence-electron chi connectivity index (χ2n) is 10.3. The molecule has 1 aliphatic rings. The Hall–Kier alpha value is -4.18. The second kappa shape index (κ2) is 11.4. The molecule has 0 aliphatic carbocycles. The Kier molecular flexibility index (Phi) is 7.14. The summed E-state index contributed by atoms with van der Waals surface area (Å²) in [6, 6.07) is 22.4. The third kappa shape index (κ3) is 5.44. The van der Waals surface area contributed by atoms with Gasteiger partial charge in [-0.05, 0) is 53.9 Å². The highest BCUT2D eigenvalue weighted by atomic mass is 32.1. The summed E-state index contributed by atoms with van der Waals surface area (Å²) in [6.45, 7) is 5.39. The molecule has 7 rings (SSSR count). The van der Waals surface area contributed by atoms with E-state index in [-0.39, 0.29) is 5.56 Å². The van der Waals surface area contributed by atoms with Gasteiger partial charge < -0.3 is 14.3 Å². The van der Waals surface area contributed by atoms with E-state index in [1.54, 1.807) is 11.3 Å². The van der Waals surface area contributed by atoms with Gasteiger partial charge in [-0.15, -0.1) is 11.3 Å². The van der Waals surface area contributed by atoms with E-state index in [1.807, 2.05) is 60.9 Å². The topological polar surface area (TPSA) is 88.9 Å². The van der Waals surface area contributed by atoms with Crippen LogP contribution >= 0.6 is 11.3 Å². The fraction of sp³-hybridized carbons (Fsp3) is 0.250. The summed E-state index contributed by atoms with van der Waals surface area (Å²) < 4.78 is 7.85. The lowest BCUT2D eigenvalue weighted by atomic mass is 10.1. The van der Waals surface area contributed by atoms with Crippen LogP contribution in [0.25, 0.3) is 43.2 Å². The zero-order valence-electron chi connectivity index (χ0n) is 22.6. The Bertz CT molecular complexity index is 1860. The summed E-state index contributed by atoms with van der Waals surface area (Å²) in [7, 11) is 0. The number of morpholine rings is 1. The molecule has 0 unspecified atom stereocenters. The van der Waals surface area contributed by atoms with Crippen molar-refractivity contribution >= 4 is 33.4 Å². The molecular formula is C32H30N6O2S. The molecule has 1 aliphatic heterocycles. The lowest BCUT2D eigenvalue weighted by molar-refractivity contribution is 0.0370. The van der Waals surface area contributed by atoms with Crippen LogP contribution in [0, 0.1) is 0 Å². The van der Waals surface area contributed by atoms with Crippen molar-refractivity contribution < 1.29 is 4.74 Å². The lowest BCUT2D eigenvalue weighted by Crippen LogP contribution is -2.37. The number of pyridine rings is 1. The first-order chi connectivity index (χ1) is 20.2. The molecule has 1 N–H and O–H groups in total. The van der Waals surface area contributed by atoms with E-state index in [1.165, 1.54) is 4.88 Å². The van der Waals surface area contributed by atoms with Gasteiger partial charge in [0, 0.05) is 49.9 Å². The van der Waals surface area contributed by atoms with Crippen LogP contribution in [0.15, 0.2) is 83.9 Å². The molecule has 5 heterocycles. The molecule has 1 fully saturated rings. The first-order valence-corrected chi connectivity index (χ1v) is 14.8. The minimum absolute atomic E-state index is 0.161. The van der Waals surface area contributed by atoms with Gasteiger partial charge in [0.05, 0.1) is 40.2 Å². The number of hydrogen-bond donors (Lipinski definition) is 1. The van der Waals surface area contributed by atoms with Gasteiger partial charge in [0.2, 0.25) is 0 Å². The fourth-order valence-electron chi connectivity index (χ4n) is 5.47. The Morgan fingerprint density at radius 1 is 0.878 bits per heavy atom. The van der Waals surface area contributed by atoms with Gasteiger partial charge in [-0.25, -0.2) is 9.97 Å². The minimum atomic E-state index is -0.161. The summed E-state index contributed by atoms with van der Waals surface area (Å²) in [6.07, 6.45) is 5.13. The molecule has 4 aromatic heterocycles. The summed E-state index contributed by atoms with van der Waals surface area (Å²) >= 11 is 1.73. The number of nitrogens with zero attached hydrogens (tertiary/aromatic N) is 5. The second-order valence-corrected chi connectivity index (χ2v) is 11.4. The predicted octanol–water partition coefficient (Wildman–Crippen LogP) is 5.38. The van der Waals surface area contributed by atoms with Crippen molar-refractivity contribution in [2.24, 2.45) is 0 Å². The van der Waals surface area contributed by atoms with Crippen molar-refractivity contribution in [3.63, 3.8) is 0 Å². The highest BCUT2D eigenvalue weighted by molar-refractivity contribution is 7.18. The van der Waals surface area contributed by atoms with Crippen molar-refractivity contribution in [2.75, 3.05) is 32.8 Å². The molecule has 8 nitrogen and oxygen atoms in total. The highest BCUT2D eigenvalue weighted by Crippen LogP contribution is 2.36. The van der Waals surface area contributed by atoms with Crippen molar-refractivity contribution in [3.05, 3.63) is 101 Å². The first-order valence-electron chi connectivity index (χ1n) is 14.0. The van der Waals surface area contributed by atoms with E-state index in [4.69, 9.17) is 14.7 Å². The monoisotopic (exact) mass is 562 g/mol. The molecule has 206 valence electrons. The van der Waals surface area contributed by atoms with E-state index < -0.39 is 0 Å². The maximum Gasteiger partial charge on any atom is 0.270 e. The first kappa shape index (κ1) is 25.8. The minimum Gasteiger partial charge on any atom is -0.379 e. The molecule has 0 bridgehead atoms. The number of hydrogen-bond acceptors (Lipinski definition) is 7. The molecule has 0 amide bonds.